The molecule has 134 valence electrons. The Kier molecular flexibility index (Phi) is 6.71. The van der Waals surface area contributed by atoms with E-state index >= 15 is 0 Å². The van der Waals surface area contributed by atoms with Crippen LogP contribution in [-0.2, 0) is 6.54 Å². The molecule has 0 bridgehead atoms. The minimum Gasteiger partial charge on any atom is -0.497 e. The lowest BCUT2D eigenvalue weighted by atomic mass is 10.0. The zero-order valence-electron chi connectivity index (χ0n) is 15.0. The summed E-state index contributed by atoms with van der Waals surface area (Å²) in [6.45, 7) is 4.96. The van der Waals surface area contributed by atoms with Crippen LogP contribution in [0, 0.1) is 0 Å². The van der Waals surface area contributed by atoms with Gasteiger partial charge in [-0.15, -0.1) is 0 Å². The van der Waals surface area contributed by atoms with E-state index < -0.39 is 0 Å². The van der Waals surface area contributed by atoms with Gasteiger partial charge in [0, 0.05) is 19.1 Å². The highest BCUT2D eigenvalue weighted by molar-refractivity contribution is 5.31. The molecule has 0 aromatic heterocycles. The fraction of sp³-hybridized carbons (Fsp3) is 0.429. The number of hydrogen-bond donors (Lipinski definition) is 1. The quantitative estimate of drug-likeness (QED) is 0.748. The molecule has 0 radical (unpaired) electrons. The maximum atomic E-state index is 5.77. The van der Waals surface area contributed by atoms with Gasteiger partial charge < -0.3 is 14.8 Å². The van der Waals surface area contributed by atoms with Crippen LogP contribution in [0.3, 0.4) is 0 Å². The smallest absolute Gasteiger partial charge is 0.119 e. The summed E-state index contributed by atoms with van der Waals surface area (Å²) >= 11 is 0. The number of nitrogens with zero attached hydrogens (tertiary/aromatic N) is 1. The molecule has 0 spiro atoms. The van der Waals surface area contributed by atoms with Crippen LogP contribution in [0.25, 0.3) is 0 Å². The van der Waals surface area contributed by atoms with Crippen molar-refractivity contribution in [1.82, 2.24) is 10.2 Å². The second-order valence-corrected chi connectivity index (χ2v) is 6.51. The average molecular weight is 340 g/mol. The molecule has 1 N–H and O–H groups in total. The monoisotopic (exact) mass is 340 g/mol. The molecule has 0 atom stereocenters. The predicted octanol–water partition coefficient (Wildman–Crippen LogP) is 3.33. The van der Waals surface area contributed by atoms with E-state index in [1.165, 1.54) is 18.4 Å². The van der Waals surface area contributed by atoms with Crippen LogP contribution >= 0.6 is 0 Å². The van der Waals surface area contributed by atoms with Crippen molar-refractivity contribution in [2.45, 2.75) is 25.4 Å². The molecule has 4 nitrogen and oxygen atoms in total. The standard InChI is InChI=1S/C21H28N2O2/c1-24-20-7-9-21(10-8-20)25-16-13-22-19-11-14-23(15-12-19)17-18-5-3-2-4-6-18/h2-10,19,22H,11-17H2,1H3. The highest BCUT2D eigenvalue weighted by atomic mass is 16.5. The number of ether oxygens (including phenoxy) is 2. The SMILES string of the molecule is COc1ccc(OCCNC2CCN(Cc3ccccc3)CC2)cc1. The van der Waals surface area contributed by atoms with Gasteiger partial charge >= 0.3 is 0 Å². The van der Waals surface area contributed by atoms with Gasteiger partial charge in [-0.05, 0) is 55.8 Å². The molecular weight excluding hydrogens is 312 g/mol. The van der Waals surface area contributed by atoms with Crippen molar-refractivity contribution in [3.05, 3.63) is 60.2 Å². The first-order valence-electron chi connectivity index (χ1n) is 9.10. The van der Waals surface area contributed by atoms with Gasteiger partial charge in [-0.25, -0.2) is 0 Å². The molecule has 1 heterocycles. The van der Waals surface area contributed by atoms with Crippen LogP contribution in [-0.4, -0.2) is 44.3 Å². The molecule has 4 heteroatoms. The van der Waals surface area contributed by atoms with Crippen molar-refractivity contribution < 1.29 is 9.47 Å². The van der Waals surface area contributed by atoms with Gasteiger partial charge in [0.1, 0.15) is 18.1 Å². The molecule has 0 amide bonds. The first-order valence-corrected chi connectivity index (χ1v) is 9.10. The van der Waals surface area contributed by atoms with Crippen LogP contribution in [0.4, 0.5) is 0 Å². The zero-order chi connectivity index (χ0) is 17.3. The Morgan fingerprint density at radius 1 is 0.960 bits per heavy atom. The summed E-state index contributed by atoms with van der Waals surface area (Å²) in [5.74, 6) is 1.74. The summed E-state index contributed by atoms with van der Waals surface area (Å²) in [5.41, 5.74) is 1.40. The third-order valence-electron chi connectivity index (χ3n) is 4.70. The third kappa shape index (κ3) is 5.76. The minimum atomic E-state index is 0.603. The second kappa shape index (κ2) is 9.44. The number of benzene rings is 2. The normalized spacial score (nSPS) is 15.9. The molecular formula is C21H28N2O2. The number of likely N-dealkylation sites (tertiary alicyclic amines) is 1. The average Bonchev–Trinajstić information content (AvgIpc) is 2.68. The van der Waals surface area contributed by atoms with Crippen LogP contribution in [0.15, 0.2) is 54.6 Å². The summed E-state index contributed by atoms with van der Waals surface area (Å²) in [6.07, 6.45) is 2.41. The molecule has 3 rings (SSSR count). The van der Waals surface area contributed by atoms with Crippen LogP contribution in [0.2, 0.25) is 0 Å². The Labute approximate surface area is 150 Å². The van der Waals surface area contributed by atoms with E-state index in [1.807, 2.05) is 24.3 Å². The largest absolute Gasteiger partial charge is 0.497 e. The molecule has 25 heavy (non-hydrogen) atoms. The number of piperidine rings is 1. The van der Waals surface area contributed by atoms with Crippen molar-refractivity contribution in [3.8, 4) is 11.5 Å². The van der Waals surface area contributed by atoms with Gasteiger partial charge in [-0.2, -0.15) is 0 Å². The summed E-state index contributed by atoms with van der Waals surface area (Å²) in [6, 6.07) is 19.1. The van der Waals surface area contributed by atoms with E-state index in [1.54, 1.807) is 7.11 Å². The molecule has 0 saturated carbocycles. The van der Waals surface area contributed by atoms with Gasteiger partial charge in [0.25, 0.3) is 0 Å². The first-order chi connectivity index (χ1) is 12.3. The van der Waals surface area contributed by atoms with Gasteiger partial charge in [-0.3, -0.25) is 4.90 Å². The fourth-order valence-corrected chi connectivity index (χ4v) is 3.24. The van der Waals surface area contributed by atoms with E-state index in [0.29, 0.717) is 12.6 Å². The minimum absolute atomic E-state index is 0.603. The summed E-state index contributed by atoms with van der Waals surface area (Å²) in [5, 5.41) is 3.62. The lowest BCUT2D eigenvalue weighted by Gasteiger charge is -2.32. The number of hydrogen-bond acceptors (Lipinski definition) is 4. The Morgan fingerprint density at radius 2 is 1.64 bits per heavy atom. The molecule has 1 saturated heterocycles. The van der Waals surface area contributed by atoms with Gasteiger partial charge in [0.05, 0.1) is 7.11 Å². The third-order valence-corrected chi connectivity index (χ3v) is 4.70. The number of nitrogens with one attached hydrogen (secondary N) is 1. The van der Waals surface area contributed by atoms with E-state index in [4.69, 9.17) is 9.47 Å². The number of methoxy groups -OCH3 is 1. The summed E-state index contributed by atoms with van der Waals surface area (Å²) in [7, 11) is 1.67. The lowest BCUT2D eigenvalue weighted by molar-refractivity contribution is 0.186. The fourth-order valence-electron chi connectivity index (χ4n) is 3.24. The first kappa shape index (κ1) is 17.8. The highest BCUT2D eigenvalue weighted by Gasteiger charge is 2.18. The van der Waals surface area contributed by atoms with Crippen molar-refractivity contribution in [2.75, 3.05) is 33.4 Å². The topological polar surface area (TPSA) is 33.7 Å². The molecule has 2 aromatic rings. The second-order valence-electron chi connectivity index (χ2n) is 6.51. The Balaban J connectivity index is 1.30. The van der Waals surface area contributed by atoms with Crippen LogP contribution < -0.4 is 14.8 Å². The molecule has 1 aliphatic heterocycles. The molecule has 1 fully saturated rings. The zero-order valence-corrected chi connectivity index (χ0v) is 15.0. The lowest BCUT2D eigenvalue weighted by Crippen LogP contribution is -2.43. The van der Waals surface area contributed by atoms with Gasteiger partial charge in [0.2, 0.25) is 0 Å². The molecule has 0 unspecified atom stereocenters. The number of rotatable bonds is 8. The molecule has 0 aliphatic carbocycles. The Morgan fingerprint density at radius 3 is 2.32 bits per heavy atom. The van der Waals surface area contributed by atoms with Gasteiger partial charge in [-0.1, -0.05) is 30.3 Å². The van der Waals surface area contributed by atoms with E-state index in [-0.39, 0.29) is 0 Å². The van der Waals surface area contributed by atoms with E-state index in [0.717, 1.165) is 37.7 Å². The van der Waals surface area contributed by atoms with Crippen molar-refractivity contribution >= 4 is 0 Å². The van der Waals surface area contributed by atoms with Crippen molar-refractivity contribution in [2.24, 2.45) is 0 Å². The maximum Gasteiger partial charge on any atom is 0.119 e. The van der Waals surface area contributed by atoms with Gasteiger partial charge in [0.15, 0.2) is 0 Å². The van der Waals surface area contributed by atoms with Crippen LogP contribution in [0.1, 0.15) is 18.4 Å². The predicted molar refractivity (Wildman–Crippen MR) is 101 cm³/mol. The summed E-state index contributed by atoms with van der Waals surface area (Å²) in [4.78, 5) is 2.54. The maximum absolute atomic E-state index is 5.77. The van der Waals surface area contributed by atoms with E-state index in [2.05, 4.69) is 40.5 Å². The van der Waals surface area contributed by atoms with E-state index in [9.17, 15) is 0 Å². The Bertz CT molecular complexity index is 608. The Hall–Kier alpha value is -2.04. The van der Waals surface area contributed by atoms with Crippen molar-refractivity contribution in [1.29, 1.82) is 0 Å². The van der Waals surface area contributed by atoms with Crippen molar-refractivity contribution in [3.63, 3.8) is 0 Å². The summed E-state index contributed by atoms with van der Waals surface area (Å²) < 4.78 is 10.9. The molecule has 2 aromatic carbocycles. The highest BCUT2D eigenvalue weighted by Crippen LogP contribution is 2.17. The molecule has 1 aliphatic rings. The van der Waals surface area contributed by atoms with Crippen LogP contribution in [0.5, 0.6) is 11.5 Å².